The van der Waals surface area contributed by atoms with E-state index in [1.54, 1.807) is 0 Å². The van der Waals surface area contributed by atoms with Crippen LogP contribution in [0.15, 0.2) is 30.3 Å². The lowest BCUT2D eigenvalue weighted by atomic mass is 10.1. The molecule has 68 valence electrons. The Kier molecular flexibility index (Phi) is 2.14. The molecule has 0 aromatic heterocycles. The largest absolute Gasteiger partial charge is 0.329 e. The third-order valence-electron chi connectivity index (χ3n) is 2.02. The van der Waals surface area contributed by atoms with E-state index in [0.717, 1.165) is 5.56 Å². The van der Waals surface area contributed by atoms with Gasteiger partial charge in [0.15, 0.2) is 0 Å². The molecular weight excluding hydrogens is 166 g/mol. The number of amides is 2. The maximum atomic E-state index is 11.0. The van der Waals surface area contributed by atoms with Gasteiger partial charge in [0, 0.05) is 6.54 Å². The number of rotatable bonds is 1. The van der Waals surface area contributed by atoms with Gasteiger partial charge in [0.1, 0.15) is 0 Å². The normalized spacial score (nSPS) is 21.8. The van der Waals surface area contributed by atoms with Gasteiger partial charge in [-0.2, -0.15) is 0 Å². The Morgan fingerprint density at radius 2 is 2.00 bits per heavy atom. The van der Waals surface area contributed by atoms with Crippen molar-refractivity contribution < 1.29 is 4.79 Å². The van der Waals surface area contributed by atoms with Crippen molar-refractivity contribution in [3.05, 3.63) is 35.9 Å². The fourth-order valence-electron chi connectivity index (χ4n) is 1.37. The summed E-state index contributed by atoms with van der Waals surface area (Å²) in [4.78, 5) is 11.0. The number of benzene rings is 1. The van der Waals surface area contributed by atoms with Crippen LogP contribution in [0.2, 0.25) is 0 Å². The molecule has 4 nitrogen and oxygen atoms in total. The van der Waals surface area contributed by atoms with Gasteiger partial charge in [-0.05, 0) is 5.56 Å². The molecule has 0 spiro atoms. The van der Waals surface area contributed by atoms with Crippen LogP contribution in [-0.2, 0) is 0 Å². The Balaban J connectivity index is 2.13. The van der Waals surface area contributed by atoms with Crippen LogP contribution < -0.4 is 16.2 Å². The average Bonchev–Trinajstić information content (AvgIpc) is 2.19. The van der Waals surface area contributed by atoms with Crippen LogP contribution in [0.5, 0.6) is 0 Å². The first-order valence-corrected chi connectivity index (χ1v) is 4.20. The van der Waals surface area contributed by atoms with E-state index >= 15 is 0 Å². The van der Waals surface area contributed by atoms with Crippen molar-refractivity contribution in [2.45, 2.75) is 6.04 Å². The van der Waals surface area contributed by atoms with Crippen LogP contribution in [0, 0.1) is 0 Å². The van der Waals surface area contributed by atoms with Crippen molar-refractivity contribution in [1.82, 2.24) is 16.2 Å². The lowest BCUT2D eigenvalue weighted by Gasteiger charge is -2.25. The van der Waals surface area contributed by atoms with Gasteiger partial charge in [-0.25, -0.2) is 10.2 Å². The number of nitrogens with one attached hydrogen (secondary N) is 3. The lowest BCUT2D eigenvalue weighted by molar-refractivity contribution is 0.222. The topological polar surface area (TPSA) is 53.2 Å². The second-order valence-electron chi connectivity index (χ2n) is 2.94. The Hall–Kier alpha value is -1.55. The molecule has 0 bridgehead atoms. The molecule has 3 N–H and O–H groups in total. The lowest BCUT2D eigenvalue weighted by Crippen LogP contribution is -2.54. The summed E-state index contributed by atoms with van der Waals surface area (Å²) in [5, 5.41) is 2.82. The van der Waals surface area contributed by atoms with Crippen molar-refractivity contribution in [2.75, 3.05) is 6.54 Å². The van der Waals surface area contributed by atoms with Gasteiger partial charge in [-0.15, -0.1) is 0 Å². The smallest absolute Gasteiger partial charge is 0.329 e. The number of hydrogen-bond acceptors (Lipinski definition) is 2. The highest BCUT2D eigenvalue weighted by Crippen LogP contribution is 2.11. The van der Waals surface area contributed by atoms with Gasteiger partial charge in [-0.1, -0.05) is 30.3 Å². The van der Waals surface area contributed by atoms with E-state index in [0.29, 0.717) is 6.54 Å². The average molecular weight is 177 g/mol. The first-order valence-electron chi connectivity index (χ1n) is 4.20. The van der Waals surface area contributed by atoms with E-state index in [2.05, 4.69) is 16.2 Å². The summed E-state index contributed by atoms with van der Waals surface area (Å²) in [6, 6.07) is 9.76. The minimum atomic E-state index is -0.180. The first-order chi connectivity index (χ1) is 6.36. The molecule has 2 rings (SSSR count). The maximum Gasteiger partial charge on any atom is 0.329 e. The maximum absolute atomic E-state index is 11.0. The van der Waals surface area contributed by atoms with Gasteiger partial charge >= 0.3 is 6.03 Å². The highest BCUT2D eigenvalue weighted by molar-refractivity contribution is 5.74. The van der Waals surface area contributed by atoms with Crippen molar-refractivity contribution in [3.63, 3.8) is 0 Å². The summed E-state index contributed by atoms with van der Waals surface area (Å²) in [6.45, 7) is 0.704. The van der Waals surface area contributed by atoms with Crippen molar-refractivity contribution in [2.24, 2.45) is 0 Å². The highest BCUT2D eigenvalue weighted by atomic mass is 16.2. The molecule has 1 aromatic carbocycles. The van der Waals surface area contributed by atoms with E-state index in [-0.39, 0.29) is 12.1 Å². The molecule has 2 amide bonds. The molecule has 1 unspecified atom stereocenters. The third kappa shape index (κ3) is 1.78. The molecule has 1 aliphatic rings. The van der Waals surface area contributed by atoms with Gasteiger partial charge in [0.05, 0.1) is 6.04 Å². The number of carbonyl (C=O) groups excluding carboxylic acids is 1. The van der Waals surface area contributed by atoms with E-state index in [4.69, 9.17) is 0 Å². The zero-order valence-electron chi connectivity index (χ0n) is 7.08. The fourth-order valence-corrected chi connectivity index (χ4v) is 1.37. The standard InChI is InChI=1S/C9H11N3O/c13-9-11-8(6-10-12-9)7-4-2-1-3-5-7/h1-5,8,10H,6H2,(H2,11,12,13). The molecule has 1 aliphatic heterocycles. The molecule has 13 heavy (non-hydrogen) atoms. The van der Waals surface area contributed by atoms with Crippen molar-refractivity contribution in [1.29, 1.82) is 0 Å². The summed E-state index contributed by atoms with van der Waals surface area (Å²) < 4.78 is 0. The van der Waals surface area contributed by atoms with Crippen LogP contribution in [-0.4, -0.2) is 12.6 Å². The second kappa shape index (κ2) is 3.45. The SMILES string of the molecule is O=C1NNCC(c2ccccc2)N1. The minimum absolute atomic E-state index is 0.0648. The molecule has 0 saturated carbocycles. The molecule has 1 atom stereocenters. The van der Waals surface area contributed by atoms with E-state index in [9.17, 15) is 4.79 Å². The molecule has 1 heterocycles. The summed E-state index contributed by atoms with van der Waals surface area (Å²) in [7, 11) is 0. The second-order valence-corrected chi connectivity index (χ2v) is 2.94. The Bertz CT molecular complexity index is 299. The molecule has 0 radical (unpaired) electrons. The molecule has 1 aromatic rings. The van der Waals surface area contributed by atoms with Gasteiger partial charge in [0.25, 0.3) is 0 Å². The summed E-state index contributed by atoms with van der Waals surface area (Å²) in [5.41, 5.74) is 6.42. The number of hydrogen-bond donors (Lipinski definition) is 3. The molecule has 1 fully saturated rings. The van der Waals surface area contributed by atoms with Gasteiger partial charge in [0.2, 0.25) is 0 Å². The van der Waals surface area contributed by atoms with E-state index < -0.39 is 0 Å². The van der Waals surface area contributed by atoms with Crippen LogP contribution >= 0.6 is 0 Å². The summed E-state index contributed by atoms with van der Waals surface area (Å²) >= 11 is 0. The van der Waals surface area contributed by atoms with E-state index in [1.165, 1.54) is 0 Å². The Morgan fingerprint density at radius 1 is 1.23 bits per heavy atom. The molecule has 0 aliphatic carbocycles. The van der Waals surface area contributed by atoms with Gasteiger partial charge < -0.3 is 5.32 Å². The zero-order chi connectivity index (χ0) is 9.10. The van der Waals surface area contributed by atoms with Crippen LogP contribution in [0.25, 0.3) is 0 Å². The predicted octanol–water partition coefficient (Wildman–Crippen LogP) is 0.545. The zero-order valence-corrected chi connectivity index (χ0v) is 7.08. The number of carbonyl (C=O) groups is 1. The van der Waals surface area contributed by atoms with Crippen molar-refractivity contribution in [3.8, 4) is 0 Å². The minimum Gasteiger partial charge on any atom is -0.329 e. The fraction of sp³-hybridized carbons (Fsp3) is 0.222. The van der Waals surface area contributed by atoms with Crippen LogP contribution in [0.1, 0.15) is 11.6 Å². The van der Waals surface area contributed by atoms with Crippen LogP contribution in [0.4, 0.5) is 4.79 Å². The monoisotopic (exact) mass is 177 g/mol. The highest BCUT2D eigenvalue weighted by Gasteiger charge is 2.17. The molecular formula is C9H11N3O. The quantitative estimate of drug-likeness (QED) is 0.586. The van der Waals surface area contributed by atoms with E-state index in [1.807, 2.05) is 30.3 Å². The Morgan fingerprint density at radius 3 is 2.69 bits per heavy atom. The predicted molar refractivity (Wildman–Crippen MR) is 48.9 cm³/mol. The number of urea groups is 1. The van der Waals surface area contributed by atoms with Gasteiger partial charge in [-0.3, -0.25) is 5.43 Å². The van der Waals surface area contributed by atoms with Crippen LogP contribution in [0.3, 0.4) is 0 Å². The first kappa shape index (κ1) is 8.07. The summed E-state index contributed by atoms with van der Waals surface area (Å²) in [5.74, 6) is 0. The molecule has 1 saturated heterocycles. The Labute approximate surface area is 76.3 Å². The van der Waals surface area contributed by atoms with Crippen molar-refractivity contribution >= 4 is 6.03 Å². The summed E-state index contributed by atoms with van der Waals surface area (Å²) in [6.07, 6.45) is 0. The number of hydrazine groups is 1. The third-order valence-corrected chi connectivity index (χ3v) is 2.02. The molecule has 4 heteroatoms.